The van der Waals surface area contributed by atoms with Gasteiger partial charge in [-0.2, -0.15) is 0 Å². The zero-order chi connectivity index (χ0) is 16.6. The van der Waals surface area contributed by atoms with Gasteiger partial charge < -0.3 is 15.4 Å². The van der Waals surface area contributed by atoms with Gasteiger partial charge in [-0.05, 0) is 52.1 Å². The van der Waals surface area contributed by atoms with Gasteiger partial charge in [0.15, 0.2) is 5.96 Å². The molecule has 0 aromatic carbocycles. The molecule has 2 N–H and O–H groups in total. The molecule has 1 aliphatic heterocycles. The quantitative estimate of drug-likeness (QED) is 0.346. The van der Waals surface area contributed by atoms with Gasteiger partial charge in [-0.3, -0.25) is 9.89 Å². The van der Waals surface area contributed by atoms with Crippen molar-refractivity contribution < 1.29 is 4.74 Å². The highest BCUT2D eigenvalue weighted by molar-refractivity contribution is 14.0. The molecule has 0 aliphatic carbocycles. The molecule has 23 heavy (non-hydrogen) atoms. The summed E-state index contributed by atoms with van der Waals surface area (Å²) in [6, 6.07) is 0.594. The molecule has 0 amide bonds. The van der Waals surface area contributed by atoms with Crippen molar-refractivity contribution in [2.45, 2.75) is 58.6 Å². The predicted molar refractivity (Wildman–Crippen MR) is 110 cm³/mol. The molecule has 1 atom stereocenters. The lowest BCUT2D eigenvalue weighted by atomic mass is 10.0. The molecule has 0 aromatic rings. The van der Waals surface area contributed by atoms with Crippen LogP contribution in [0.5, 0.6) is 0 Å². The summed E-state index contributed by atoms with van der Waals surface area (Å²) in [5.41, 5.74) is -0.191. The molecule has 0 saturated carbocycles. The van der Waals surface area contributed by atoms with Crippen LogP contribution in [0.4, 0.5) is 0 Å². The first kappa shape index (κ1) is 22.9. The normalized spacial score (nSPS) is 18.0. The first-order chi connectivity index (χ1) is 10.4. The van der Waals surface area contributed by atoms with Gasteiger partial charge in [0.2, 0.25) is 0 Å². The van der Waals surface area contributed by atoms with E-state index in [1.54, 1.807) is 7.11 Å². The predicted octanol–water partition coefficient (Wildman–Crippen LogP) is 2.70. The van der Waals surface area contributed by atoms with Gasteiger partial charge in [0.05, 0.1) is 5.60 Å². The van der Waals surface area contributed by atoms with Crippen molar-refractivity contribution in [3.63, 3.8) is 0 Å². The summed E-state index contributed by atoms with van der Waals surface area (Å²) in [6.45, 7) is 12.9. The van der Waals surface area contributed by atoms with Crippen molar-refractivity contribution in [1.29, 1.82) is 0 Å². The van der Waals surface area contributed by atoms with Crippen molar-refractivity contribution in [1.82, 2.24) is 15.5 Å². The number of hydrogen-bond acceptors (Lipinski definition) is 3. The number of ether oxygens (including phenoxy) is 1. The van der Waals surface area contributed by atoms with Gasteiger partial charge in [0.25, 0.3) is 0 Å². The molecule has 1 unspecified atom stereocenters. The first-order valence-corrected chi connectivity index (χ1v) is 8.61. The van der Waals surface area contributed by atoms with Crippen LogP contribution in [-0.4, -0.2) is 62.8 Å². The molecular weight excluding hydrogens is 403 g/mol. The molecule has 0 aromatic heterocycles. The summed E-state index contributed by atoms with van der Waals surface area (Å²) < 4.78 is 5.44. The Morgan fingerprint density at radius 2 is 1.83 bits per heavy atom. The maximum atomic E-state index is 5.44. The van der Waals surface area contributed by atoms with Gasteiger partial charge in [-0.25, -0.2) is 0 Å². The molecule has 1 fully saturated rings. The van der Waals surface area contributed by atoms with Gasteiger partial charge in [-0.15, -0.1) is 24.0 Å². The van der Waals surface area contributed by atoms with Crippen LogP contribution in [0.25, 0.3) is 0 Å². The summed E-state index contributed by atoms with van der Waals surface area (Å²) in [6.07, 6.45) is 3.90. The third-order valence-corrected chi connectivity index (χ3v) is 4.36. The fraction of sp³-hybridized carbons (Fsp3) is 0.941. The van der Waals surface area contributed by atoms with E-state index in [1.807, 2.05) is 7.05 Å². The van der Waals surface area contributed by atoms with E-state index in [1.165, 1.54) is 32.4 Å². The lowest BCUT2D eigenvalue weighted by Crippen LogP contribution is -2.49. The molecule has 0 bridgehead atoms. The molecule has 0 radical (unpaired) electrons. The molecule has 1 rings (SSSR count). The van der Waals surface area contributed by atoms with E-state index in [9.17, 15) is 0 Å². The second-order valence-electron chi connectivity index (χ2n) is 7.30. The molecule has 5 nitrogen and oxygen atoms in total. The van der Waals surface area contributed by atoms with Gasteiger partial charge in [-0.1, -0.05) is 13.8 Å². The van der Waals surface area contributed by atoms with Crippen molar-refractivity contribution in [2.75, 3.05) is 40.3 Å². The highest BCUT2D eigenvalue weighted by Gasteiger charge is 2.23. The lowest BCUT2D eigenvalue weighted by Gasteiger charge is -2.30. The molecule has 0 spiro atoms. The van der Waals surface area contributed by atoms with E-state index in [-0.39, 0.29) is 29.6 Å². The molecule has 1 saturated heterocycles. The number of rotatable bonds is 8. The van der Waals surface area contributed by atoms with Gasteiger partial charge in [0.1, 0.15) is 0 Å². The number of likely N-dealkylation sites (tertiary alicyclic amines) is 1. The zero-order valence-corrected chi connectivity index (χ0v) is 18.1. The smallest absolute Gasteiger partial charge is 0.191 e. The lowest BCUT2D eigenvalue weighted by molar-refractivity contribution is 0.0268. The van der Waals surface area contributed by atoms with Crippen LogP contribution in [0, 0.1) is 5.92 Å². The van der Waals surface area contributed by atoms with Crippen molar-refractivity contribution in [3.05, 3.63) is 0 Å². The van der Waals surface area contributed by atoms with Crippen LogP contribution < -0.4 is 10.6 Å². The fourth-order valence-corrected chi connectivity index (χ4v) is 2.82. The summed E-state index contributed by atoms with van der Waals surface area (Å²) in [4.78, 5) is 6.95. The minimum atomic E-state index is -0.191. The van der Waals surface area contributed by atoms with Crippen LogP contribution in [0.2, 0.25) is 0 Å². The second-order valence-corrected chi connectivity index (χ2v) is 7.30. The van der Waals surface area contributed by atoms with E-state index in [0.29, 0.717) is 6.04 Å². The molecule has 1 aliphatic rings. The average Bonchev–Trinajstić information content (AvgIpc) is 2.99. The maximum absolute atomic E-state index is 5.44. The first-order valence-electron chi connectivity index (χ1n) is 8.61. The Morgan fingerprint density at radius 3 is 2.30 bits per heavy atom. The highest BCUT2D eigenvalue weighted by Crippen LogP contribution is 2.17. The maximum Gasteiger partial charge on any atom is 0.191 e. The summed E-state index contributed by atoms with van der Waals surface area (Å²) in [5.74, 6) is 1.58. The Kier molecular flexibility index (Phi) is 11.4. The minimum Gasteiger partial charge on any atom is -0.377 e. The largest absolute Gasteiger partial charge is 0.377 e. The topological polar surface area (TPSA) is 48.9 Å². The Morgan fingerprint density at radius 1 is 1.22 bits per heavy atom. The third-order valence-electron chi connectivity index (χ3n) is 4.36. The number of aliphatic imine (C=N–C) groups is 1. The summed E-state index contributed by atoms with van der Waals surface area (Å²) >= 11 is 0. The Bertz CT molecular complexity index is 341. The van der Waals surface area contributed by atoms with Crippen LogP contribution in [0.1, 0.15) is 47.0 Å². The SMILES string of the molecule is CN=C(NCC(CC(C)C)N1CCCC1)NCC(C)(C)OC.I. The average molecular weight is 440 g/mol. The molecule has 138 valence electrons. The van der Waals surface area contributed by atoms with Crippen molar-refractivity contribution in [2.24, 2.45) is 10.9 Å². The summed E-state index contributed by atoms with van der Waals surface area (Å²) in [5, 5.41) is 6.85. The van der Waals surface area contributed by atoms with Crippen molar-refractivity contribution >= 4 is 29.9 Å². The number of nitrogens with one attached hydrogen (secondary N) is 2. The number of guanidine groups is 1. The Labute approximate surface area is 160 Å². The number of hydrogen-bond donors (Lipinski definition) is 2. The zero-order valence-electron chi connectivity index (χ0n) is 15.8. The molecule has 1 heterocycles. The van der Waals surface area contributed by atoms with Crippen molar-refractivity contribution in [3.8, 4) is 0 Å². The highest BCUT2D eigenvalue weighted by atomic mass is 127. The summed E-state index contributed by atoms with van der Waals surface area (Å²) in [7, 11) is 3.56. The van der Waals surface area contributed by atoms with E-state index < -0.39 is 0 Å². The van der Waals surface area contributed by atoms with Crippen LogP contribution in [-0.2, 0) is 4.74 Å². The number of nitrogens with zero attached hydrogens (tertiary/aromatic N) is 2. The van der Waals surface area contributed by atoms with Crippen LogP contribution in [0.15, 0.2) is 4.99 Å². The van der Waals surface area contributed by atoms with Gasteiger partial charge in [0, 0.05) is 33.3 Å². The number of methoxy groups -OCH3 is 1. The third kappa shape index (κ3) is 9.10. The van der Waals surface area contributed by atoms with Crippen LogP contribution >= 0.6 is 24.0 Å². The van der Waals surface area contributed by atoms with E-state index in [4.69, 9.17) is 4.74 Å². The molecule has 6 heteroatoms. The Hall–Kier alpha value is -0.0800. The fourth-order valence-electron chi connectivity index (χ4n) is 2.82. The molecular formula is C17H37IN4O. The van der Waals surface area contributed by atoms with E-state index >= 15 is 0 Å². The second kappa shape index (κ2) is 11.5. The van der Waals surface area contributed by atoms with E-state index in [2.05, 4.69) is 48.2 Å². The Balaban J connectivity index is 0.00000484. The number of halogens is 1. The van der Waals surface area contributed by atoms with Crippen LogP contribution in [0.3, 0.4) is 0 Å². The minimum absolute atomic E-state index is 0. The van der Waals surface area contributed by atoms with Gasteiger partial charge >= 0.3 is 0 Å². The standard InChI is InChI=1S/C17H36N4O.HI/c1-14(2)11-15(21-9-7-8-10-21)12-19-16(18-5)20-13-17(3,4)22-6;/h14-15H,7-13H2,1-6H3,(H2,18,19,20);1H. The monoisotopic (exact) mass is 440 g/mol. The van der Waals surface area contributed by atoms with E-state index in [0.717, 1.165) is 25.0 Å².